The van der Waals surface area contributed by atoms with Crippen LogP contribution in [0.3, 0.4) is 0 Å². The molecule has 102 valence electrons. The summed E-state index contributed by atoms with van der Waals surface area (Å²) >= 11 is 1.73. The molecular formula is C17H13N3S. The predicted molar refractivity (Wildman–Crippen MR) is 89.9 cm³/mol. The number of anilines is 1. The molecule has 0 radical (unpaired) electrons. The van der Waals surface area contributed by atoms with Crippen molar-refractivity contribution in [2.75, 3.05) is 12.4 Å². The van der Waals surface area contributed by atoms with Crippen molar-refractivity contribution in [2.45, 2.75) is 0 Å². The highest BCUT2D eigenvalue weighted by molar-refractivity contribution is 7.17. The van der Waals surface area contributed by atoms with Gasteiger partial charge in [0.15, 0.2) is 5.82 Å². The van der Waals surface area contributed by atoms with E-state index in [1.54, 1.807) is 11.3 Å². The van der Waals surface area contributed by atoms with Crippen LogP contribution in [0.15, 0.2) is 53.9 Å². The third-order valence-corrected chi connectivity index (χ3v) is 4.53. The van der Waals surface area contributed by atoms with E-state index >= 15 is 0 Å². The molecule has 3 nitrogen and oxygen atoms in total. The molecule has 0 saturated carbocycles. The molecule has 0 saturated heterocycles. The first-order chi connectivity index (χ1) is 10.4. The van der Waals surface area contributed by atoms with Gasteiger partial charge in [-0.3, -0.25) is 0 Å². The van der Waals surface area contributed by atoms with Crippen LogP contribution in [-0.2, 0) is 0 Å². The van der Waals surface area contributed by atoms with Crippen LogP contribution < -0.4 is 5.32 Å². The molecule has 0 fully saturated rings. The molecule has 1 N–H and O–H groups in total. The Labute approximate surface area is 126 Å². The zero-order chi connectivity index (χ0) is 14.2. The van der Waals surface area contributed by atoms with Crippen molar-refractivity contribution in [3.8, 4) is 11.4 Å². The Bertz CT molecular complexity index is 943. The SMILES string of the molecule is CNc1nc(-c2csc3ccccc23)nc2ccccc12. The number of aromatic nitrogens is 2. The highest BCUT2D eigenvalue weighted by Crippen LogP contribution is 2.33. The quantitative estimate of drug-likeness (QED) is 0.588. The molecule has 0 spiro atoms. The number of nitrogens with zero attached hydrogens (tertiary/aromatic N) is 2. The predicted octanol–water partition coefficient (Wildman–Crippen LogP) is 4.55. The number of para-hydroxylation sites is 1. The topological polar surface area (TPSA) is 37.8 Å². The molecule has 0 atom stereocenters. The first-order valence-electron chi connectivity index (χ1n) is 6.78. The minimum Gasteiger partial charge on any atom is -0.373 e. The van der Waals surface area contributed by atoms with Crippen molar-refractivity contribution in [3.63, 3.8) is 0 Å². The van der Waals surface area contributed by atoms with Gasteiger partial charge in [-0.15, -0.1) is 11.3 Å². The first-order valence-corrected chi connectivity index (χ1v) is 7.66. The molecule has 0 aliphatic carbocycles. The van der Waals surface area contributed by atoms with Gasteiger partial charge in [0.2, 0.25) is 0 Å². The van der Waals surface area contributed by atoms with Gasteiger partial charge in [0.05, 0.1) is 5.52 Å². The van der Waals surface area contributed by atoms with E-state index in [0.717, 1.165) is 28.1 Å². The van der Waals surface area contributed by atoms with Crippen molar-refractivity contribution in [1.82, 2.24) is 9.97 Å². The second-order valence-corrected chi connectivity index (χ2v) is 5.72. The molecule has 4 heteroatoms. The average Bonchev–Trinajstić information content (AvgIpc) is 2.98. The maximum Gasteiger partial charge on any atom is 0.163 e. The second-order valence-electron chi connectivity index (χ2n) is 4.81. The smallest absolute Gasteiger partial charge is 0.163 e. The number of fused-ring (bicyclic) bond motifs is 2. The lowest BCUT2D eigenvalue weighted by atomic mass is 10.1. The van der Waals surface area contributed by atoms with Crippen LogP contribution in [0.4, 0.5) is 5.82 Å². The van der Waals surface area contributed by atoms with Gasteiger partial charge in [-0.25, -0.2) is 9.97 Å². The molecule has 0 amide bonds. The second kappa shape index (κ2) is 4.82. The van der Waals surface area contributed by atoms with Gasteiger partial charge in [0.1, 0.15) is 5.82 Å². The number of thiophene rings is 1. The van der Waals surface area contributed by atoms with E-state index in [1.807, 2.05) is 31.3 Å². The summed E-state index contributed by atoms with van der Waals surface area (Å²) in [6, 6.07) is 16.4. The average molecular weight is 291 g/mol. The van der Waals surface area contributed by atoms with Crippen LogP contribution in [0.5, 0.6) is 0 Å². The van der Waals surface area contributed by atoms with Crippen LogP contribution in [0, 0.1) is 0 Å². The normalized spacial score (nSPS) is 11.1. The molecule has 21 heavy (non-hydrogen) atoms. The Morgan fingerprint density at radius 2 is 1.67 bits per heavy atom. The van der Waals surface area contributed by atoms with E-state index in [-0.39, 0.29) is 0 Å². The third-order valence-electron chi connectivity index (χ3n) is 3.56. The fourth-order valence-corrected chi connectivity index (χ4v) is 3.48. The van der Waals surface area contributed by atoms with Crippen molar-refractivity contribution in [2.24, 2.45) is 0 Å². The van der Waals surface area contributed by atoms with Crippen LogP contribution in [0.25, 0.3) is 32.4 Å². The van der Waals surface area contributed by atoms with Gasteiger partial charge in [0.25, 0.3) is 0 Å². The minimum atomic E-state index is 0.774. The lowest BCUT2D eigenvalue weighted by Crippen LogP contribution is -1.98. The summed E-state index contributed by atoms with van der Waals surface area (Å²) in [6.07, 6.45) is 0. The van der Waals surface area contributed by atoms with E-state index in [0.29, 0.717) is 0 Å². The van der Waals surface area contributed by atoms with Gasteiger partial charge in [-0.05, 0) is 18.2 Å². The summed E-state index contributed by atoms with van der Waals surface area (Å²) in [7, 11) is 1.89. The van der Waals surface area contributed by atoms with Gasteiger partial charge >= 0.3 is 0 Å². The Balaban J connectivity index is 2.02. The van der Waals surface area contributed by atoms with Crippen LogP contribution in [0.1, 0.15) is 0 Å². The largest absolute Gasteiger partial charge is 0.373 e. The highest BCUT2D eigenvalue weighted by atomic mass is 32.1. The van der Waals surface area contributed by atoms with Crippen molar-refractivity contribution < 1.29 is 0 Å². The fraction of sp³-hybridized carbons (Fsp3) is 0.0588. The summed E-state index contributed by atoms with van der Waals surface area (Å²) in [5.41, 5.74) is 2.06. The summed E-state index contributed by atoms with van der Waals surface area (Å²) < 4.78 is 1.26. The molecular weight excluding hydrogens is 278 g/mol. The molecule has 0 aliphatic rings. The Morgan fingerprint density at radius 3 is 2.52 bits per heavy atom. The third kappa shape index (κ3) is 1.96. The molecule has 0 bridgehead atoms. The molecule has 4 rings (SSSR count). The zero-order valence-electron chi connectivity index (χ0n) is 11.5. The fourth-order valence-electron chi connectivity index (χ4n) is 2.54. The standard InChI is InChI=1S/C17H13N3S/c1-18-16-12-7-2-4-8-14(12)19-17(20-16)13-10-21-15-9-5-3-6-11(13)15/h2-10H,1H3,(H,18,19,20). The van der Waals surface area contributed by atoms with E-state index in [9.17, 15) is 0 Å². The zero-order valence-corrected chi connectivity index (χ0v) is 12.3. The van der Waals surface area contributed by atoms with Gasteiger partial charge in [-0.2, -0.15) is 0 Å². The molecule has 0 unspecified atom stereocenters. The maximum atomic E-state index is 4.73. The summed E-state index contributed by atoms with van der Waals surface area (Å²) in [6.45, 7) is 0. The van der Waals surface area contributed by atoms with Crippen LogP contribution in [-0.4, -0.2) is 17.0 Å². The highest BCUT2D eigenvalue weighted by Gasteiger charge is 2.12. The van der Waals surface area contributed by atoms with Gasteiger partial charge in [0, 0.05) is 33.5 Å². The number of hydrogen-bond acceptors (Lipinski definition) is 4. The summed E-state index contributed by atoms with van der Waals surface area (Å²) in [5, 5.41) is 7.56. The monoisotopic (exact) mass is 291 g/mol. The number of rotatable bonds is 2. The van der Waals surface area contributed by atoms with Crippen molar-refractivity contribution in [1.29, 1.82) is 0 Å². The number of nitrogens with one attached hydrogen (secondary N) is 1. The summed E-state index contributed by atoms with van der Waals surface area (Å²) in [5.74, 6) is 1.64. The maximum absolute atomic E-state index is 4.73. The van der Waals surface area contributed by atoms with Crippen LogP contribution >= 0.6 is 11.3 Å². The Morgan fingerprint density at radius 1 is 0.905 bits per heavy atom. The first kappa shape index (κ1) is 12.3. The van der Waals surface area contributed by atoms with E-state index < -0.39 is 0 Å². The number of benzene rings is 2. The Kier molecular flexibility index (Phi) is 2.82. The van der Waals surface area contributed by atoms with E-state index in [1.165, 1.54) is 10.1 Å². The van der Waals surface area contributed by atoms with Gasteiger partial charge in [-0.1, -0.05) is 30.3 Å². The van der Waals surface area contributed by atoms with Crippen LogP contribution in [0.2, 0.25) is 0 Å². The molecule has 2 aromatic carbocycles. The Hall–Kier alpha value is -2.46. The molecule has 2 aromatic heterocycles. The minimum absolute atomic E-state index is 0.774. The molecule has 2 heterocycles. The molecule has 0 aliphatic heterocycles. The lowest BCUT2D eigenvalue weighted by Gasteiger charge is -2.07. The van der Waals surface area contributed by atoms with E-state index in [4.69, 9.17) is 9.97 Å². The number of hydrogen-bond donors (Lipinski definition) is 1. The van der Waals surface area contributed by atoms with E-state index in [2.05, 4.69) is 35.0 Å². The summed E-state index contributed by atoms with van der Waals surface area (Å²) in [4.78, 5) is 9.43. The lowest BCUT2D eigenvalue weighted by molar-refractivity contribution is 1.22. The van der Waals surface area contributed by atoms with Gasteiger partial charge < -0.3 is 5.32 Å². The molecule has 4 aromatic rings. The van der Waals surface area contributed by atoms with Crippen molar-refractivity contribution >= 4 is 38.1 Å². The van der Waals surface area contributed by atoms with Crippen molar-refractivity contribution in [3.05, 3.63) is 53.9 Å².